The Labute approximate surface area is 69.3 Å². The Balaban J connectivity index is 2.59. The summed E-state index contributed by atoms with van der Waals surface area (Å²) in [4.78, 5) is 0. The number of hydrogen-bond acceptors (Lipinski definition) is 0. The highest BCUT2D eigenvalue weighted by Crippen LogP contribution is 2.28. The van der Waals surface area contributed by atoms with Crippen molar-refractivity contribution >= 4 is 0 Å². The van der Waals surface area contributed by atoms with Gasteiger partial charge in [-0.3, -0.25) is 0 Å². The molecule has 0 aromatic heterocycles. The molecular weight excluding hydrogens is 132 g/mol. The van der Waals surface area contributed by atoms with Gasteiger partial charge in [0.15, 0.2) is 0 Å². The van der Waals surface area contributed by atoms with Crippen LogP contribution in [0.4, 0.5) is 0 Å². The minimum atomic E-state index is 0.702. The lowest BCUT2D eigenvalue weighted by molar-refractivity contribution is 0.543. The fraction of sp³-hybridized carbons (Fsp3) is 0.455. The first-order chi connectivity index (χ1) is 5.24. The highest BCUT2D eigenvalue weighted by Gasteiger charge is 2.13. The molecular formula is C11H16. The molecule has 0 fully saturated rings. The van der Waals surface area contributed by atoms with Crippen molar-refractivity contribution in [1.29, 1.82) is 0 Å². The molecule has 0 saturated carbocycles. The molecule has 0 saturated heterocycles. The topological polar surface area (TPSA) is 0 Å². The highest BCUT2D eigenvalue weighted by atomic mass is 14.2. The van der Waals surface area contributed by atoms with Gasteiger partial charge in [0, 0.05) is 0 Å². The summed E-state index contributed by atoms with van der Waals surface area (Å²) in [6.45, 7) is 9.89. The summed E-state index contributed by atoms with van der Waals surface area (Å²) in [6, 6.07) is 0. The van der Waals surface area contributed by atoms with Gasteiger partial charge in [0.05, 0.1) is 0 Å². The molecule has 1 unspecified atom stereocenters. The second kappa shape index (κ2) is 3.56. The molecule has 1 aliphatic carbocycles. The first-order valence-electron chi connectivity index (χ1n) is 4.21. The van der Waals surface area contributed by atoms with Gasteiger partial charge in [-0.2, -0.15) is 0 Å². The molecule has 0 N–H and O–H groups in total. The number of rotatable bonds is 2. The molecule has 0 aromatic rings. The van der Waals surface area contributed by atoms with E-state index in [1.807, 2.05) is 6.08 Å². The third-order valence-electron chi connectivity index (χ3n) is 2.36. The number of allylic oxidation sites excluding steroid dienone is 4. The van der Waals surface area contributed by atoms with Crippen LogP contribution < -0.4 is 0 Å². The Kier molecular flexibility index (Phi) is 2.70. The fourth-order valence-corrected chi connectivity index (χ4v) is 1.53. The maximum Gasteiger partial charge on any atom is -0.0165 e. The van der Waals surface area contributed by atoms with E-state index in [0.717, 1.165) is 6.42 Å². The van der Waals surface area contributed by atoms with Gasteiger partial charge in [0.25, 0.3) is 0 Å². The van der Waals surface area contributed by atoms with E-state index >= 15 is 0 Å². The fourth-order valence-electron chi connectivity index (χ4n) is 1.53. The van der Waals surface area contributed by atoms with E-state index in [1.165, 1.54) is 24.0 Å². The van der Waals surface area contributed by atoms with Crippen molar-refractivity contribution in [3.8, 4) is 0 Å². The van der Waals surface area contributed by atoms with Crippen LogP contribution in [0, 0.1) is 5.92 Å². The van der Waals surface area contributed by atoms with Gasteiger partial charge in [0.1, 0.15) is 0 Å². The minimum Gasteiger partial charge on any atom is -0.0998 e. The predicted octanol–water partition coefficient (Wildman–Crippen LogP) is 3.48. The van der Waals surface area contributed by atoms with Crippen LogP contribution in [0.3, 0.4) is 0 Å². The van der Waals surface area contributed by atoms with Gasteiger partial charge in [-0.05, 0) is 32.1 Å². The Bertz CT molecular complexity index is 196. The van der Waals surface area contributed by atoms with Crippen molar-refractivity contribution in [2.75, 3.05) is 0 Å². The summed E-state index contributed by atoms with van der Waals surface area (Å²) in [7, 11) is 0. The standard InChI is InChI=1S/C11H16/c1-4-10-6-5-7-11(8-10)9(2)3/h4,6,11H,1-2,5,7-8H2,3H3. The third kappa shape index (κ3) is 2.07. The van der Waals surface area contributed by atoms with Crippen LogP contribution in [0.2, 0.25) is 0 Å². The van der Waals surface area contributed by atoms with Crippen LogP contribution in [0.25, 0.3) is 0 Å². The van der Waals surface area contributed by atoms with Crippen molar-refractivity contribution in [3.05, 3.63) is 36.5 Å². The molecule has 0 bridgehead atoms. The van der Waals surface area contributed by atoms with Crippen LogP contribution in [-0.4, -0.2) is 0 Å². The van der Waals surface area contributed by atoms with Crippen LogP contribution in [0.15, 0.2) is 36.5 Å². The van der Waals surface area contributed by atoms with Crippen molar-refractivity contribution in [1.82, 2.24) is 0 Å². The van der Waals surface area contributed by atoms with Crippen molar-refractivity contribution in [2.45, 2.75) is 26.2 Å². The maximum absolute atomic E-state index is 3.99. The van der Waals surface area contributed by atoms with Crippen LogP contribution in [-0.2, 0) is 0 Å². The second-order valence-electron chi connectivity index (χ2n) is 3.31. The molecule has 0 aliphatic heterocycles. The zero-order valence-electron chi connectivity index (χ0n) is 7.27. The third-order valence-corrected chi connectivity index (χ3v) is 2.36. The normalized spacial score (nSPS) is 24.1. The lowest BCUT2D eigenvalue weighted by Gasteiger charge is -2.21. The van der Waals surface area contributed by atoms with E-state index in [1.54, 1.807) is 0 Å². The summed E-state index contributed by atoms with van der Waals surface area (Å²) in [5, 5.41) is 0. The molecule has 0 heteroatoms. The van der Waals surface area contributed by atoms with Crippen LogP contribution >= 0.6 is 0 Å². The molecule has 1 aliphatic rings. The van der Waals surface area contributed by atoms with Gasteiger partial charge in [-0.1, -0.05) is 36.5 Å². The molecule has 60 valence electrons. The molecule has 0 aromatic carbocycles. The Hall–Kier alpha value is -0.780. The molecule has 11 heavy (non-hydrogen) atoms. The van der Waals surface area contributed by atoms with Crippen LogP contribution in [0.5, 0.6) is 0 Å². The maximum atomic E-state index is 3.99. The van der Waals surface area contributed by atoms with E-state index in [0.29, 0.717) is 5.92 Å². The van der Waals surface area contributed by atoms with Gasteiger partial charge >= 0.3 is 0 Å². The van der Waals surface area contributed by atoms with E-state index in [-0.39, 0.29) is 0 Å². The zero-order valence-corrected chi connectivity index (χ0v) is 7.27. The van der Waals surface area contributed by atoms with E-state index in [2.05, 4.69) is 26.2 Å². The largest absolute Gasteiger partial charge is 0.0998 e. The lowest BCUT2D eigenvalue weighted by atomic mass is 9.85. The van der Waals surface area contributed by atoms with Gasteiger partial charge in [-0.25, -0.2) is 0 Å². The van der Waals surface area contributed by atoms with Gasteiger partial charge in [-0.15, -0.1) is 0 Å². The molecule has 0 amide bonds. The summed E-state index contributed by atoms with van der Waals surface area (Å²) in [5.41, 5.74) is 2.71. The summed E-state index contributed by atoms with van der Waals surface area (Å²) >= 11 is 0. The predicted molar refractivity (Wildman–Crippen MR) is 50.4 cm³/mol. The smallest absolute Gasteiger partial charge is 0.0165 e. The average molecular weight is 148 g/mol. The molecule has 1 rings (SSSR count). The number of hydrogen-bond donors (Lipinski definition) is 0. The van der Waals surface area contributed by atoms with E-state index < -0.39 is 0 Å². The van der Waals surface area contributed by atoms with E-state index in [4.69, 9.17) is 0 Å². The Morgan fingerprint density at radius 3 is 3.00 bits per heavy atom. The summed E-state index contributed by atoms with van der Waals surface area (Å²) < 4.78 is 0. The molecule has 0 nitrogen and oxygen atoms in total. The minimum absolute atomic E-state index is 0.702. The van der Waals surface area contributed by atoms with Crippen molar-refractivity contribution in [3.63, 3.8) is 0 Å². The van der Waals surface area contributed by atoms with Crippen molar-refractivity contribution < 1.29 is 0 Å². The van der Waals surface area contributed by atoms with E-state index in [9.17, 15) is 0 Å². The Morgan fingerprint density at radius 2 is 2.45 bits per heavy atom. The molecule has 0 heterocycles. The Morgan fingerprint density at radius 1 is 1.73 bits per heavy atom. The van der Waals surface area contributed by atoms with Crippen molar-refractivity contribution in [2.24, 2.45) is 5.92 Å². The highest BCUT2D eigenvalue weighted by molar-refractivity contribution is 5.21. The first kappa shape index (κ1) is 8.32. The van der Waals surface area contributed by atoms with Crippen LogP contribution in [0.1, 0.15) is 26.2 Å². The lowest BCUT2D eigenvalue weighted by Crippen LogP contribution is -2.06. The zero-order chi connectivity index (χ0) is 8.27. The quantitative estimate of drug-likeness (QED) is 0.526. The van der Waals surface area contributed by atoms with Gasteiger partial charge < -0.3 is 0 Å². The first-order valence-corrected chi connectivity index (χ1v) is 4.21. The average Bonchev–Trinajstić information content (AvgIpc) is 2.05. The second-order valence-corrected chi connectivity index (χ2v) is 3.31. The summed E-state index contributed by atoms with van der Waals surface area (Å²) in [6.07, 6.45) is 7.87. The summed E-state index contributed by atoms with van der Waals surface area (Å²) in [5.74, 6) is 0.702. The molecule has 0 radical (unpaired) electrons. The molecule has 0 spiro atoms. The van der Waals surface area contributed by atoms with Gasteiger partial charge in [0.2, 0.25) is 0 Å². The molecule has 1 atom stereocenters. The monoisotopic (exact) mass is 148 g/mol. The SMILES string of the molecule is C=CC1=CCCC(C(=C)C)C1.